The predicted molar refractivity (Wildman–Crippen MR) is 87.3 cm³/mol. The summed E-state index contributed by atoms with van der Waals surface area (Å²) in [7, 11) is 0. The molecule has 4 nitrogen and oxygen atoms in total. The molecule has 3 rings (SSSR count). The van der Waals surface area contributed by atoms with Gasteiger partial charge in [0.05, 0.1) is 5.56 Å². The van der Waals surface area contributed by atoms with Crippen molar-refractivity contribution in [3.63, 3.8) is 0 Å². The van der Waals surface area contributed by atoms with Crippen molar-refractivity contribution < 1.29 is 4.79 Å². The molecule has 1 fully saturated rings. The first kappa shape index (κ1) is 15.3. The first-order valence-corrected chi connectivity index (χ1v) is 6.89. The van der Waals surface area contributed by atoms with Gasteiger partial charge in [-0.1, -0.05) is 0 Å². The molecule has 1 amide bonds. The Morgan fingerprint density at radius 1 is 1.10 bits per heavy atom. The van der Waals surface area contributed by atoms with Gasteiger partial charge in [-0.05, 0) is 49.2 Å². The van der Waals surface area contributed by atoms with E-state index in [9.17, 15) is 4.79 Å². The third-order valence-electron chi connectivity index (χ3n) is 3.52. The molecule has 21 heavy (non-hydrogen) atoms. The highest BCUT2D eigenvalue weighted by molar-refractivity contribution is 6.04. The molecule has 1 aliphatic heterocycles. The number of amides is 1. The highest BCUT2D eigenvalue weighted by atomic mass is 35.5. The average molecular weight is 304 g/mol. The van der Waals surface area contributed by atoms with Crippen molar-refractivity contribution >= 4 is 29.7 Å². The number of hydrogen-bond donors (Lipinski definition) is 1. The van der Waals surface area contributed by atoms with E-state index in [0.717, 1.165) is 18.8 Å². The van der Waals surface area contributed by atoms with Gasteiger partial charge in [-0.25, -0.2) is 0 Å². The van der Waals surface area contributed by atoms with Crippen molar-refractivity contribution in [1.29, 1.82) is 0 Å². The zero-order valence-electron chi connectivity index (χ0n) is 11.7. The number of pyridine rings is 1. The van der Waals surface area contributed by atoms with Gasteiger partial charge < -0.3 is 10.2 Å². The van der Waals surface area contributed by atoms with Crippen LogP contribution >= 0.6 is 12.4 Å². The van der Waals surface area contributed by atoms with Crippen LogP contribution in [-0.4, -0.2) is 24.0 Å². The van der Waals surface area contributed by atoms with Crippen LogP contribution < -0.4 is 10.2 Å². The lowest BCUT2D eigenvalue weighted by Crippen LogP contribution is -2.17. The first-order chi connectivity index (χ1) is 9.83. The molecular weight excluding hydrogens is 286 g/mol. The van der Waals surface area contributed by atoms with E-state index < -0.39 is 0 Å². The second kappa shape index (κ2) is 7.09. The molecular formula is C16H18ClN3O. The second-order valence-corrected chi connectivity index (χ2v) is 4.94. The predicted octanol–water partition coefficient (Wildman–Crippen LogP) is 3.36. The number of nitrogens with zero attached hydrogens (tertiary/aromatic N) is 2. The molecule has 0 bridgehead atoms. The summed E-state index contributed by atoms with van der Waals surface area (Å²) in [6.07, 6.45) is 5.74. The van der Waals surface area contributed by atoms with Crippen LogP contribution in [0.5, 0.6) is 0 Å². The van der Waals surface area contributed by atoms with Crippen LogP contribution in [0, 0.1) is 0 Å². The lowest BCUT2D eigenvalue weighted by atomic mass is 10.2. The van der Waals surface area contributed by atoms with Crippen molar-refractivity contribution in [1.82, 2.24) is 4.98 Å². The van der Waals surface area contributed by atoms with Crippen molar-refractivity contribution in [2.24, 2.45) is 0 Å². The summed E-state index contributed by atoms with van der Waals surface area (Å²) in [6.45, 7) is 2.25. The van der Waals surface area contributed by atoms with Gasteiger partial charge in [-0.15, -0.1) is 12.4 Å². The molecule has 0 radical (unpaired) electrons. The molecule has 0 unspecified atom stereocenters. The number of halogens is 1. The molecule has 110 valence electrons. The number of hydrogen-bond acceptors (Lipinski definition) is 3. The van der Waals surface area contributed by atoms with E-state index >= 15 is 0 Å². The first-order valence-electron chi connectivity index (χ1n) is 6.89. The Morgan fingerprint density at radius 2 is 1.81 bits per heavy atom. The maximum absolute atomic E-state index is 12.0. The fourth-order valence-electron chi connectivity index (χ4n) is 2.43. The van der Waals surface area contributed by atoms with Crippen LogP contribution in [0.2, 0.25) is 0 Å². The fourth-order valence-corrected chi connectivity index (χ4v) is 2.43. The Bertz CT molecular complexity index is 580. The Hall–Kier alpha value is -2.07. The number of benzene rings is 1. The lowest BCUT2D eigenvalue weighted by Gasteiger charge is -2.17. The fraction of sp³-hybridized carbons (Fsp3) is 0.250. The minimum atomic E-state index is -0.132. The van der Waals surface area contributed by atoms with Crippen molar-refractivity contribution in [3.8, 4) is 0 Å². The van der Waals surface area contributed by atoms with E-state index in [-0.39, 0.29) is 18.3 Å². The number of carbonyl (C=O) groups is 1. The minimum absolute atomic E-state index is 0. The van der Waals surface area contributed by atoms with E-state index in [1.165, 1.54) is 18.5 Å². The van der Waals surface area contributed by atoms with Crippen LogP contribution in [0.4, 0.5) is 11.4 Å². The molecule has 1 N–H and O–H groups in total. The normalized spacial score (nSPS) is 13.6. The summed E-state index contributed by atoms with van der Waals surface area (Å²) in [4.78, 5) is 18.3. The standard InChI is InChI=1S/C16H17N3O.ClH/c20-16(13-4-3-9-17-12-13)18-14-5-7-15(8-6-14)19-10-1-2-11-19;/h3-9,12H,1-2,10-11H2,(H,18,20);1H. The summed E-state index contributed by atoms with van der Waals surface area (Å²) in [5.41, 5.74) is 2.60. The van der Waals surface area contributed by atoms with E-state index in [2.05, 4.69) is 27.3 Å². The Balaban J connectivity index is 0.00000161. The van der Waals surface area contributed by atoms with Gasteiger partial charge in [0.25, 0.3) is 5.91 Å². The van der Waals surface area contributed by atoms with Gasteiger partial charge >= 0.3 is 0 Å². The zero-order valence-corrected chi connectivity index (χ0v) is 12.5. The summed E-state index contributed by atoms with van der Waals surface area (Å²) in [5, 5.41) is 2.88. The number of anilines is 2. The van der Waals surface area contributed by atoms with E-state index in [1.807, 2.05) is 12.1 Å². The van der Waals surface area contributed by atoms with Crippen molar-refractivity contribution in [3.05, 3.63) is 54.4 Å². The zero-order chi connectivity index (χ0) is 13.8. The van der Waals surface area contributed by atoms with Gasteiger partial charge in [0, 0.05) is 36.9 Å². The summed E-state index contributed by atoms with van der Waals surface area (Å²) in [5.74, 6) is -0.132. The summed E-state index contributed by atoms with van der Waals surface area (Å²) in [6, 6.07) is 11.5. The molecule has 1 aromatic heterocycles. The number of rotatable bonds is 3. The monoisotopic (exact) mass is 303 g/mol. The molecule has 0 spiro atoms. The van der Waals surface area contributed by atoms with Crippen LogP contribution in [0.15, 0.2) is 48.8 Å². The molecule has 0 aliphatic carbocycles. The van der Waals surface area contributed by atoms with Gasteiger partial charge in [-0.2, -0.15) is 0 Å². The molecule has 5 heteroatoms. The van der Waals surface area contributed by atoms with Crippen molar-refractivity contribution in [2.45, 2.75) is 12.8 Å². The smallest absolute Gasteiger partial charge is 0.257 e. The number of nitrogens with one attached hydrogen (secondary N) is 1. The largest absolute Gasteiger partial charge is 0.372 e. The number of aromatic nitrogens is 1. The second-order valence-electron chi connectivity index (χ2n) is 4.94. The van der Waals surface area contributed by atoms with Crippen LogP contribution in [-0.2, 0) is 0 Å². The maximum atomic E-state index is 12.0. The van der Waals surface area contributed by atoms with Crippen molar-refractivity contribution in [2.75, 3.05) is 23.3 Å². The molecule has 2 aromatic rings. The highest BCUT2D eigenvalue weighted by Gasteiger charge is 2.12. The third kappa shape index (κ3) is 3.73. The van der Waals surface area contributed by atoms with Crippen LogP contribution in [0.25, 0.3) is 0 Å². The van der Waals surface area contributed by atoms with E-state index in [4.69, 9.17) is 0 Å². The van der Waals surface area contributed by atoms with Crippen LogP contribution in [0.1, 0.15) is 23.2 Å². The topological polar surface area (TPSA) is 45.2 Å². The average Bonchev–Trinajstić information content (AvgIpc) is 3.03. The van der Waals surface area contributed by atoms with E-state index in [1.54, 1.807) is 24.5 Å². The molecule has 0 saturated carbocycles. The number of carbonyl (C=O) groups excluding carboxylic acids is 1. The molecule has 1 saturated heterocycles. The van der Waals surface area contributed by atoms with Gasteiger partial charge in [0.2, 0.25) is 0 Å². The van der Waals surface area contributed by atoms with E-state index in [0.29, 0.717) is 5.56 Å². The summed E-state index contributed by atoms with van der Waals surface area (Å²) >= 11 is 0. The molecule has 1 aromatic carbocycles. The SMILES string of the molecule is Cl.O=C(Nc1ccc(N2CCCC2)cc1)c1cccnc1. The quantitative estimate of drug-likeness (QED) is 0.945. The third-order valence-corrected chi connectivity index (χ3v) is 3.52. The lowest BCUT2D eigenvalue weighted by molar-refractivity contribution is 0.102. The van der Waals surface area contributed by atoms with Gasteiger partial charge in [0.15, 0.2) is 0 Å². The highest BCUT2D eigenvalue weighted by Crippen LogP contribution is 2.22. The Labute approximate surface area is 130 Å². The molecule has 2 heterocycles. The Morgan fingerprint density at radius 3 is 2.43 bits per heavy atom. The Kier molecular flexibility index (Phi) is 5.17. The van der Waals surface area contributed by atoms with Gasteiger partial charge in [-0.3, -0.25) is 9.78 Å². The summed E-state index contributed by atoms with van der Waals surface area (Å²) < 4.78 is 0. The minimum Gasteiger partial charge on any atom is -0.372 e. The molecule has 1 aliphatic rings. The van der Waals surface area contributed by atoms with Crippen LogP contribution in [0.3, 0.4) is 0 Å². The maximum Gasteiger partial charge on any atom is 0.257 e. The van der Waals surface area contributed by atoms with Gasteiger partial charge in [0.1, 0.15) is 0 Å². The molecule has 0 atom stereocenters.